The molecule has 0 saturated carbocycles. The molecular weight excluding hydrogens is 464 g/mol. The van der Waals surface area contributed by atoms with Crippen LogP contribution in [0.1, 0.15) is 22.3 Å². The fourth-order valence-corrected chi connectivity index (χ4v) is 4.27. The highest BCUT2D eigenvalue weighted by Gasteiger charge is 2.08. The number of aryl methyl sites for hydroxylation is 4. The molecule has 4 rings (SSSR count). The van der Waals surface area contributed by atoms with E-state index in [4.69, 9.17) is 23.7 Å². The Labute approximate surface area is 219 Å². The van der Waals surface area contributed by atoms with Gasteiger partial charge in [-0.1, -0.05) is 24.3 Å². The lowest BCUT2D eigenvalue weighted by Gasteiger charge is -2.12. The van der Waals surface area contributed by atoms with Crippen LogP contribution in [-0.2, 0) is 25.7 Å². The van der Waals surface area contributed by atoms with Crippen LogP contribution in [0.2, 0.25) is 0 Å². The molecule has 0 aliphatic heterocycles. The van der Waals surface area contributed by atoms with Crippen LogP contribution in [0.5, 0.6) is 34.5 Å². The molecule has 0 heterocycles. The van der Waals surface area contributed by atoms with Gasteiger partial charge in [0.05, 0.1) is 28.4 Å². The molecule has 192 valence electrons. The second-order valence-electron chi connectivity index (χ2n) is 8.84. The lowest BCUT2D eigenvalue weighted by molar-refractivity contribution is 0.393. The Morgan fingerprint density at radius 2 is 0.757 bits per heavy atom. The Morgan fingerprint density at radius 1 is 0.378 bits per heavy atom. The summed E-state index contributed by atoms with van der Waals surface area (Å²) in [5.41, 5.74) is 4.74. The van der Waals surface area contributed by atoms with Gasteiger partial charge in [0, 0.05) is 12.1 Å². The molecule has 0 bridgehead atoms. The first kappa shape index (κ1) is 26.0. The second kappa shape index (κ2) is 12.7. The van der Waals surface area contributed by atoms with E-state index in [1.54, 1.807) is 28.4 Å². The molecule has 5 nitrogen and oxygen atoms in total. The number of hydrogen-bond acceptors (Lipinski definition) is 5. The summed E-state index contributed by atoms with van der Waals surface area (Å²) in [5.74, 6) is 4.78. The molecule has 0 unspecified atom stereocenters. The summed E-state index contributed by atoms with van der Waals surface area (Å²) < 4.78 is 28.0. The first-order valence-corrected chi connectivity index (χ1v) is 12.4. The van der Waals surface area contributed by atoms with E-state index >= 15 is 0 Å². The van der Waals surface area contributed by atoms with Gasteiger partial charge in [-0.2, -0.15) is 0 Å². The van der Waals surface area contributed by atoms with E-state index in [0.29, 0.717) is 0 Å². The molecule has 5 heteroatoms. The van der Waals surface area contributed by atoms with Crippen LogP contribution in [0.3, 0.4) is 0 Å². The first-order chi connectivity index (χ1) is 18.1. The molecule has 0 amide bonds. The molecule has 0 aliphatic carbocycles. The summed E-state index contributed by atoms with van der Waals surface area (Å²) in [4.78, 5) is 0. The molecule has 4 aromatic rings. The number of hydrogen-bond donors (Lipinski definition) is 0. The summed E-state index contributed by atoms with van der Waals surface area (Å²) in [7, 11) is 6.70. The maximum absolute atomic E-state index is 6.28. The van der Waals surface area contributed by atoms with Gasteiger partial charge in [0.2, 0.25) is 0 Å². The number of rotatable bonds is 12. The molecule has 0 spiro atoms. The van der Waals surface area contributed by atoms with Crippen LogP contribution in [0.4, 0.5) is 0 Å². The zero-order valence-corrected chi connectivity index (χ0v) is 22.0. The summed E-state index contributed by atoms with van der Waals surface area (Å²) >= 11 is 0. The lowest BCUT2D eigenvalue weighted by atomic mass is 10.0. The quantitative estimate of drug-likeness (QED) is 0.209. The van der Waals surface area contributed by atoms with Crippen LogP contribution in [0.15, 0.2) is 84.9 Å². The van der Waals surface area contributed by atoms with E-state index in [1.165, 1.54) is 11.1 Å². The summed E-state index contributed by atoms with van der Waals surface area (Å²) in [5, 5.41) is 0. The van der Waals surface area contributed by atoms with Crippen LogP contribution >= 0.6 is 0 Å². The van der Waals surface area contributed by atoms with Gasteiger partial charge in [0.25, 0.3) is 0 Å². The van der Waals surface area contributed by atoms with Crippen LogP contribution in [0.25, 0.3) is 0 Å². The van der Waals surface area contributed by atoms with Crippen molar-refractivity contribution in [2.75, 3.05) is 28.4 Å². The third-order valence-corrected chi connectivity index (χ3v) is 6.26. The monoisotopic (exact) mass is 498 g/mol. The van der Waals surface area contributed by atoms with E-state index in [9.17, 15) is 0 Å². The van der Waals surface area contributed by atoms with Crippen molar-refractivity contribution in [1.82, 2.24) is 0 Å². The fraction of sp³-hybridized carbons (Fsp3) is 0.250. The maximum Gasteiger partial charge on any atom is 0.131 e. The van der Waals surface area contributed by atoms with Gasteiger partial charge in [0.1, 0.15) is 34.5 Å². The largest absolute Gasteiger partial charge is 0.497 e. The lowest BCUT2D eigenvalue weighted by Crippen LogP contribution is -1.97. The summed E-state index contributed by atoms with van der Waals surface area (Å²) in [6, 6.07) is 28.5. The molecule has 0 aromatic heterocycles. The van der Waals surface area contributed by atoms with Crippen molar-refractivity contribution in [2.45, 2.75) is 25.7 Å². The van der Waals surface area contributed by atoms with E-state index in [2.05, 4.69) is 36.4 Å². The normalized spacial score (nSPS) is 10.6. The Balaban J connectivity index is 1.44. The molecular formula is C32H34O5. The third-order valence-electron chi connectivity index (χ3n) is 6.26. The highest BCUT2D eigenvalue weighted by atomic mass is 16.5. The Morgan fingerprint density at radius 3 is 1.27 bits per heavy atom. The summed E-state index contributed by atoms with van der Waals surface area (Å²) in [6.45, 7) is 0. The van der Waals surface area contributed by atoms with E-state index in [0.717, 1.165) is 71.3 Å². The van der Waals surface area contributed by atoms with E-state index in [-0.39, 0.29) is 0 Å². The van der Waals surface area contributed by atoms with Gasteiger partial charge in [-0.15, -0.1) is 0 Å². The number of benzene rings is 4. The van der Waals surface area contributed by atoms with Gasteiger partial charge in [-0.25, -0.2) is 0 Å². The van der Waals surface area contributed by atoms with Crippen molar-refractivity contribution in [3.8, 4) is 34.5 Å². The average molecular weight is 499 g/mol. The van der Waals surface area contributed by atoms with E-state index in [1.807, 2.05) is 48.5 Å². The predicted octanol–water partition coefficient (Wildman–Crippen LogP) is 7.08. The SMILES string of the molecule is COc1cccc(CCc2cccc(Oc3cc(CCc4cc(OC)cc(OC)c4)cc(OC)c3)c2)c1. The zero-order chi connectivity index (χ0) is 26.0. The molecule has 0 atom stereocenters. The molecule has 37 heavy (non-hydrogen) atoms. The van der Waals surface area contributed by atoms with Gasteiger partial charge < -0.3 is 23.7 Å². The van der Waals surface area contributed by atoms with Gasteiger partial charge in [0.15, 0.2) is 0 Å². The Kier molecular flexibility index (Phi) is 8.93. The third kappa shape index (κ3) is 7.43. The van der Waals surface area contributed by atoms with Crippen LogP contribution in [0, 0.1) is 0 Å². The minimum Gasteiger partial charge on any atom is -0.497 e. The Bertz CT molecular complexity index is 1290. The van der Waals surface area contributed by atoms with Gasteiger partial charge >= 0.3 is 0 Å². The minimum atomic E-state index is 0.752. The molecule has 0 aliphatic rings. The molecule has 0 saturated heterocycles. The molecule has 0 fully saturated rings. The smallest absolute Gasteiger partial charge is 0.131 e. The van der Waals surface area contributed by atoms with Crippen molar-refractivity contribution >= 4 is 0 Å². The van der Waals surface area contributed by atoms with Crippen molar-refractivity contribution in [2.24, 2.45) is 0 Å². The molecule has 4 aromatic carbocycles. The molecule has 0 N–H and O–H groups in total. The van der Waals surface area contributed by atoms with E-state index < -0.39 is 0 Å². The zero-order valence-electron chi connectivity index (χ0n) is 22.0. The average Bonchev–Trinajstić information content (AvgIpc) is 2.95. The van der Waals surface area contributed by atoms with Crippen LogP contribution < -0.4 is 23.7 Å². The first-order valence-electron chi connectivity index (χ1n) is 12.4. The second-order valence-corrected chi connectivity index (χ2v) is 8.84. The van der Waals surface area contributed by atoms with Crippen molar-refractivity contribution in [3.05, 3.63) is 107 Å². The number of ether oxygens (including phenoxy) is 5. The van der Waals surface area contributed by atoms with Gasteiger partial charge in [-0.3, -0.25) is 0 Å². The highest BCUT2D eigenvalue weighted by molar-refractivity contribution is 5.43. The molecule has 0 radical (unpaired) electrons. The van der Waals surface area contributed by atoms with Crippen LogP contribution in [-0.4, -0.2) is 28.4 Å². The van der Waals surface area contributed by atoms with Crippen molar-refractivity contribution in [3.63, 3.8) is 0 Å². The Hall–Kier alpha value is -4.12. The van der Waals surface area contributed by atoms with Crippen molar-refractivity contribution < 1.29 is 23.7 Å². The fourth-order valence-electron chi connectivity index (χ4n) is 4.27. The standard InChI is InChI=1S/C32H34O5/c1-33-27-9-5-7-23(15-27)11-12-24-8-6-10-28(16-24)37-32-20-26(19-31(22-32)36-4)14-13-25-17-29(34-2)21-30(18-25)35-3/h5-10,15-22H,11-14H2,1-4H3. The maximum atomic E-state index is 6.28. The highest BCUT2D eigenvalue weighted by Crippen LogP contribution is 2.30. The van der Waals surface area contributed by atoms with Gasteiger partial charge in [-0.05, 0) is 96.5 Å². The summed E-state index contributed by atoms with van der Waals surface area (Å²) in [6.07, 6.45) is 3.50. The number of methoxy groups -OCH3 is 4. The topological polar surface area (TPSA) is 46.2 Å². The minimum absolute atomic E-state index is 0.752. The van der Waals surface area contributed by atoms with Crippen molar-refractivity contribution in [1.29, 1.82) is 0 Å². The predicted molar refractivity (Wildman–Crippen MR) is 147 cm³/mol.